The van der Waals surface area contributed by atoms with Crippen LogP contribution in [0.25, 0.3) is 0 Å². The van der Waals surface area contributed by atoms with Crippen molar-refractivity contribution in [1.29, 1.82) is 0 Å². The van der Waals surface area contributed by atoms with E-state index >= 15 is 0 Å². The zero-order chi connectivity index (χ0) is 48.8. The smallest absolute Gasteiger partial charge is 0.407 e. The van der Waals surface area contributed by atoms with Crippen LogP contribution in [-0.2, 0) is 43.0 Å². The Morgan fingerprint density at radius 1 is 1.03 bits per heavy atom. The summed E-state index contributed by atoms with van der Waals surface area (Å²) in [5, 5.41) is 7.83. The molecule has 0 radical (unpaired) electrons. The van der Waals surface area contributed by atoms with Crippen LogP contribution in [-0.4, -0.2) is 101 Å². The number of esters is 1. The van der Waals surface area contributed by atoms with E-state index in [4.69, 9.17) is 15.2 Å². The molecule has 3 rings (SSSR count). The van der Waals surface area contributed by atoms with Crippen molar-refractivity contribution < 1.29 is 47.8 Å². The number of ketones is 1. The first-order valence-corrected chi connectivity index (χ1v) is 24.1. The van der Waals surface area contributed by atoms with Gasteiger partial charge in [0.1, 0.15) is 12.2 Å². The Kier molecular flexibility index (Phi) is 23.2. The van der Waals surface area contributed by atoms with E-state index < -0.39 is 34.8 Å². The minimum Gasteiger partial charge on any atom is -0.458 e. The molecule has 362 valence electrons. The average molecular weight is 934 g/mol. The van der Waals surface area contributed by atoms with Gasteiger partial charge >= 0.3 is 12.1 Å². The quantitative estimate of drug-likeness (QED) is 0.0169. The molecule has 16 heteroatoms. The molecule has 0 aromatic rings. The fraction of sp³-hybridized carbons (Fsp3) is 0.600. The second-order valence-electron chi connectivity index (χ2n) is 18.3. The minimum atomic E-state index is -0.756. The van der Waals surface area contributed by atoms with E-state index in [0.29, 0.717) is 56.5 Å². The Hall–Kier alpha value is -5.43. The standard InChI is InChI=1S/C50H71N5O10S/c1-8-9-16-38(17-11-12-18-39(56)45(50(5,6)7)54-43(58)19-13-10-15-33(2)30-35(4)40-25-20-34(3)48(62)65-40)64-49(63)53-28-14-27-52-42(57)26-29-66-41-31-44(59)55(47(41)61)32-36-21-23-37(24-22-36)46(51)60/h10-13,15,19-20,30,35-38,40-41,45H,14,16-18,21-29,31-32H2,1-7H3,(H2,51,60)(H,52,57)(H,53,63)(H,54,58)/b12-11-,15-10-,19-13-,33-30+/t35-,36?,37?,38-,40-,41?,45+/m0/s1. The number of carbonyl (C=O) groups is 8. The van der Waals surface area contributed by atoms with E-state index in [9.17, 15) is 38.4 Å². The van der Waals surface area contributed by atoms with Crippen LogP contribution in [0.15, 0.2) is 59.8 Å². The molecule has 5 N–H and O–H groups in total. The highest BCUT2D eigenvalue weighted by Crippen LogP contribution is 2.32. The molecule has 66 heavy (non-hydrogen) atoms. The maximum absolute atomic E-state index is 13.3. The summed E-state index contributed by atoms with van der Waals surface area (Å²) in [6.07, 6.45) is 17.5. The first-order valence-electron chi connectivity index (χ1n) is 23.0. The molecule has 0 bridgehead atoms. The van der Waals surface area contributed by atoms with Crippen molar-refractivity contribution in [3.63, 3.8) is 0 Å². The number of hydrogen-bond acceptors (Lipinski definition) is 11. The number of allylic oxidation sites excluding steroid dienone is 5. The van der Waals surface area contributed by atoms with Crippen LogP contribution in [0.1, 0.15) is 119 Å². The first kappa shape index (κ1) is 54.9. The summed E-state index contributed by atoms with van der Waals surface area (Å²) in [5.74, 6) is 4.37. The van der Waals surface area contributed by atoms with E-state index in [2.05, 4.69) is 27.8 Å². The summed E-state index contributed by atoms with van der Waals surface area (Å²) >= 11 is 1.30. The zero-order valence-electron chi connectivity index (χ0n) is 39.8. The van der Waals surface area contributed by atoms with Gasteiger partial charge < -0.3 is 31.2 Å². The summed E-state index contributed by atoms with van der Waals surface area (Å²) < 4.78 is 11.1. The SMILES string of the molecule is CC#CC[C@@H](C/C=C\CC(=O)[C@@H](NC(=O)\C=C/C=C\C(C)=C\[C@H](C)[C@@H]1CC=C(C)C(=O)O1)C(C)(C)C)OC(=O)NCCCNC(=O)CCSC1CC(=O)N(CC2CCC(C(N)=O)CC2)C1=O. The highest BCUT2D eigenvalue weighted by Gasteiger charge is 2.40. The van der Waals surface area contributed by atoms with Gasteiger partial charge in [0.25, 0.3) is 0 Å². The minimum absolute atomic E-state index is 0.0147. The number of nitrogens with two attached hydrogens (primary N) is 1. The number of alkyl carbamates (subject to hydrolysis) is 1. The molecule has 15 nitrogen and oxygen atoms in total. The lowest BCUT2D eigenvalue weighted by atomic mass is 9.81. The summed E-state index contributed by atoms with van der Waals surface area (Å²) in [5.41, 5.74) is 6.43. The molecular weight excluding hydrogens is 863 g/mol. The number of amides is 6. The Morgan fingerprint density at radius 2 is 1.73 bits per heavy atom. The van der Waals surface area contributed by atoms with Crippen molar-refractivity contribution in [1.82, 2.24) is 20.9 Å². The number of nitrogens with one attached hydrogen (secondary N) is 3. The number of cyclic esters (lactones) is 1. The van der Waals surface area contributed by atoms with Crippen molar-refractivity contribution in [2.45, 2.75) is 143 Å². The number of rotatable bonds is 24. The molecule has 6 amide bonds. The van der Waals surface area contributed by atoms with E-state index in [-0.39, 0.29) is 91.5 Å². The van der Waals surface area contributed by atoms with Crippen LogP contribution >= 0.6 is 11.8 Å². The van der Waals surface area contributed by atoms with Gasteiger partial charge in [0.15, 0.2) is 5.78 Å². The van der Waals surface area contributed by atoms with Crippen LogP contribution in [0.2, 0.25) is 0 Å². The number of carbonyl (C=O) groups excluding carboxylic acids is 8. The van der Waals surface area contributed by atoms with Gasteiger partial charge in [0, 0.05) is 87.4 Å². The van der Waals surface area contributed by atoms with Crippen molar-refractivity contribution in [2.75, 3.05) is 25.4 Å². The highest BCUT2D eigenvalue weighted by molar-refractivity contribution is 8.00. The number of primary amides is 1. The largest absolute Gasteiger partial charge is 0.458 e. The van der Waals surface area contributed by atoms with E-state index in [1.165, 1.54) is 22.7 Å². The maximum Gasteiger partial charge on any atom is 0.407 e. The lowest BCUT2D eigenvalue weighted by Gasteiger charge is -2.29. The third kappa shape index (κ3) is 19.6. The van der Waals surface area contributed by atoms with Crippen LogP contribution in [0.3, 0.4) is 0 Å². The Morgan fingerprint density at radius 3 is 2.39 bits per heavy atom. The number of ether oxygens (including phenoxy) is 2. The Balaban J connectivity index is 1.33. The van der Waals surface area contributed by atoms with E-state index in [1.807, 2.05) is 52.8 Å². The third-order valence-corrected chi connectivity index (χ3v) is 12.9. The molecular formula is C50H71N5O10S. The number of nitrogens with zero attached hydrogens (tertiary/aromatic N) is 1. The van der Waals surface area contributed by atoms with Crippen molar-refractivity contribution in [2.24, 2.45) is 28.9 Å². The zero-order valence-corrected chi connectivity index (χ0v) is 40.6. The molecule has 0 aromatic carbocycles. The molecule has 1 unspecified atom stereocenters. The number of thioether (sulfide) groups is 1. The molecule has 2 aliphatic heterocycles. The summed E-state index contributed by atoms with van der Waals surface area (Å²) in [7, 11) is 0. The summed E-state index contributed by atoms with van der Waals surface area (Å²) in [6, 6.07) is -0.756. The predicted octanol–water partition coefficient (Wildman–Crippen LogP) is 5.94. The second-order valence-corrected chi connectivity index (χ2v) is 19.6. The average Bonchev–Trinajstić information content (AvgIpc) is 3.52. The van der Waals surface area contributed by atoms with Gasteiger partial charge in [-0.15, -0.1) is 17.7 Å². The topological polar surface area (TPSA) is 220 Å². The molecule has 5 atom stereocenters. The highest BCUT2D eigenvalue weighted by atomic mass is 32.2. The van der Waals surface area contributed by atoms with Crippen LogP contribution in [0.5, 0.6) is 0 Å². The molecule has 0 aromatic heterocycles. The molecule has 2 fully saturated rings. The molecule has 1 saturated carbocycles. The van der Waals surface area contributed by atoms with Crippen LogP contribution in [0.4, 0.5) is 4.79 Å². The molecule has 3 aliphatic rings. The monoisotopic (exact) mass is 933 g/mol. The fourth-order valence-electron chi connectivity index (χ4n) is 7.77. The van der Waals surface area contributed by atoms with Crippen LogP contribution < -0.4 is 21.7 Å². The Bertz CT molecular complexity index is 1960. The number of likely N-dealkylation sites (tertiary alicyclic amines) is 1. The molecule has 2 heterocycles. The first-order chi connectivity index (χ1) is 31.3. The maximum atomic E-state index is 13.3. The van der Waals surface area contributed by atoms with E-state index in [1.54, 1.807) is 38.2 Å². The van der Waals surface area contributed by atoms with Crippen molar-refractivity contribution >= 4 is 59.1 Å². The molecule has 1 saturated heterocycles. The van der Waals surface area contributed by atoms with Gasteiger partial charge in [0.05, 0.1) is 11.3 Å². The van der Waals surface area contributed by atoms with Gasteiger partial charge in [-0.2, -0.15) is 0 Å². The van der Waals surface area contributed by atoms with Crippen LogP contribution in [0, 0.1) is 35.0 Å². The molecule has 0 spiro atoms. The molecule has 1 aliphatic carbocycles. The van der Waals surface area contributed by atoms with Gasteiger partial charge in [-0.3, -0.25) is 33.7 Å². The van der Waals surface area contributed by atoms with Gasteiger partial charge in [-0.25, -0.2) is 9.59 Å². The summed E-state index contributed by atoms with van der Waals surface area (Å²) in [4.78, 5) is 101. The number of imide groups is 1. The van der Waals surface area contributed by atoms with E-state index in [0.717, 1.165) is 18.4 Å². The van der Waals surface area contributed by atoms with Crippen molar-refractivity contribution in [3.8, 4) is 11.8 Å². The van der Waals surface area contributed by atoms with Gasteiger partial charge in [-0.1, -0.05) is 81.7 Å². The Labute approximate surface area is 395 Å². The second kappa shape index (κ2) is 27.9. The van der Waals surface area contributed by atoms with Gasteiger partial charge in [-0.05, 0) is 64.2 Å². The summed E-state index contributed by atoms with van der Waals surface area (Å²) in [6.45, 7) is 13.9. The lowest BCUT2D eigenvalue weighted by Crippen LogP contribution is -2.48. The fourth-order valence-corrected chi connectivity index (χ4v) is 8.89. The predicted molar refractivity (Wildman–Crippen MR) is 255 cm³/mol. The number of hydrogen-bond donors (Lipinski definition) is 4. The third-order valence-electron chi connectivity index (χ3n) is 11.7. The lowest BCUT2D eigenvalue weighted by molar-refractivity contribution is -0.147. The van der Waals surface area contributed by atoms with Gasteiger partial charge in [0.2, 0.25) is 29.5 Å². The van der Waals surface area contributed by atoms with Crippen molar-refractivity contribution in [3.05, 3.63) is 59.8 Å². The normalized spacial score (nSPS) is 21.7. The number of Topliss-reactive ketones (excluding diaryl/α,β-unsaturated/α-hetero) is 1.